The highest BCUT2D eigenvalue weighted by Crippen LogP contribution is 2.34. The van der Waals surface area contributed by atoms with Crippen molar-refractivity contribution in [3.63, 3.8) is 0 Å². The smallest absolute Gasteiger partial charge is 0.202 e. The molecular formula is C14H25N5S. The van der Waals surface area contributed by atoms with Crippen molar-refractivity contribution in [1.82, 2.24) is 19.3 Å². The van der Waals surface area contributed by atoms with Crippen LogP contribution in [-0.4, -0.2) is 30.3 Å². The Bertz CT molecular complexity index is 586. The van der Waals surface area contributed by atoms with Crippen molar-refractivity contribution in [3.8, 4) is 0 Å². The molecule has 0 fully saturated rings. The SMILES string of the molecule is CCn1nc(C)c2nc(N)n(CC(CC)(CC)SC)c21. The van der Waals surface area contributed by atoms with E-state index in [0.717, 1.165) is 42.8 Å². The lowest BCUT2D eigenvalue weighted by atomic mass is 10.0. The molecule has 0 radical (unpaired) electrons. The quantitative estimate of drug-likeness (QED) is 0.889. The van der Waals surface area contributed by atoms with Crippen LogP contribution < -0.4 is 5.73 Å². The maximum atomic E-state index is 6.16. The number of aryl methyl sites for hydroxylation is 2. The van der Waals surface area contributed by atoms with Crippen LogP contribution in [0.15, 0.2) is 0 Å². The molecule has 0 aliphatic rings. The number of hydrogen-bond donors (Lipinski definition) is 1. The number of aromatic nitrogens is 4. The first-order valence-corrected chi connectivity index (χ1v) is 8.48. The third-order valence-corrected chi connectivity index (χ3v) is 5.87. The summed E-state index contributed by atoms with van der Waals surface area (Å²) in [5.41, 5.74) is 9.11. The summed E-state index contributed by atoms with van der Waals surface area (Å²) >= 11 is 1.92. The summed E-state index contributed by atoms with van der Waals surface area (Å²) in [4.78, 5) is 4.52. The van der Waals surface area contributed by atoms with E-state index in [0.29, 0.717) is 5.95 Å². The van der Waals surface area contributed by atoms with Crippen LogP contribution in [0.1, 0.15) is 39.3 Å². The minimum atomic E-state index is 0.207. The van der Waals surface area contributed by atoms with Crippen molar-refractivity contribution in [3.05, 3.63) is 5.69 Å². The first-order valence-electron chi connectivity index (χ1n) is 7.26. The van der Waals surface area contributed by atoms with Crippen LogP contribution in [0.5, 0.6) is 0 Å². The fraction of sp³-hybridized carbons (Fsp3) is 0.714. The lowest BCUT2D eigenvalue weighted by molar-refractivity contribution is 0.469. The Morgan fingerprint density at radius 1 is 1.25 bits per heavy atom. The molecule has 2 aromatic heterocycles. The molecule has 2 aromatic rings. The Kier molecular flexibility index (Phi) is 4.32. The summed E-state index contributed by atoms with van der Waals surface area (Å²) in [6.45, 7) is 10.3. The van der Waals surface area contributed by atoms with E-state index >= 15 is 0 Å². The van der Waals surface area contributed by atoms with Crippen molar-refractivity contribution in [2.45, 2.75) is 58.4 Å². The number of anilines is 1. The average molecular weight is 295 g/mol. The van der Waals surface area contributed by atoms with Crippen LogP contribution in [0.3, 0.4) is 0 Å². The first kappa shape index (κ1) is 15.2. The second kappa shape index (κ2) is 5.68. The van der Waals surface area contributed by atoms with E-state index in [4.69, 9.17) is 5.73 Å². The Balaban J connectivity index is 2.56. The van der Waals surface area contributed by atoms with E-state index in [2.05, 4.69) is 41.7 Å². The van der Waals surface area contributed by atoms with Gasteiger partial charge in [-0.3, -0.25) is 4.57 Å². The van der Waals surface area contributed by atoms with Gasteiger partial charge in [-0.05, 0) is 32.9 Å². The molecular weight excluding hydrogens is 270 g/mol. The second-order valence-electron chi connectivity index (χ2n) is 5.22. The number of imidazole rings is 1. The van der Waals surface area contributed by atoms with E-state index < -0.39 is 0 Å². The number of nitrogens with zero attached hydrogens (tertiary/aromatic N) is 4. The van der Waals surface area contributed by atoms with Gasteiger partial charge in [0, 0.05) is 17.8 Å². The van der Waals surface area contributed by atoms with Gasteiger partial charge >= 0.3 is 0 Å². The fourth-order valence-electron chi connectivity index (χ4n) is 2.73. The van der Waals surface area contributed by atoms with E-state index in [-0.39, 0.29) is 4.75 Å². The molecule has 0 saturated heterocycles. The molecule has 2 rings (SSSR count). The average Bonchev–Trinajstić information content (AvgIpc) is 2.94. The number of fused-ring (bicyclic) bond motifs is 1. The highest BCUT2D eigenvalue weighted by Gasteiger charge is 2.28. The molecule has 0 atom stereocenters. The molecule has 5 nitrogen and oxygen atoms in total. The number of thioether (sulfide) groups is 1. The van der Waals surface area contributed by atoms with Gasteiger partial charge in [-0.25, -0.2) is 9.67 Å². The predicted molar refractivity (Wildman–Crippen MR) is 87.2 cm³/mol. The third-order valence-electron chi connectivity index (χ3n) is 4.30. The zero-order valence-electron chi connectivity index (χ0n) is 13.1. The molecule has 20 heavy (non-hydrogen) atoms. The summed E-state index contributed by atoms with van der Waals surface area (Å²) in [5, 5.41) is 4.55. The highest BCUT2D eigenvalue weighted by atomic mass is 32.2. The van der Waals surface area contributed by atoms with Crippen LogP contribution in [0.2, 0.25) is 0 Å². The van der Waals surface area contributed by atoms with Crippen molar-refractivity contribution in [2.75, 3.05) is 12.0 Å². The summed E-state index contributed by atoms with van der Waals surface area (Å²) < 4.78 is 4.35. The second-order valence-corrected chi connectivity index (χ2v) is 6.50. The van der Waals surface area contributed by atoms with E-state index in [1.165, 1.54) is 0 Å². The number of rotatable bonds is 6. The number of nitrogens with two attached hydrogens (primary N) is 1. The van der Waals surface area contributed by atoms with Gasteiger partial charge in [0.1, 0.15) is 5.52 Å². The summed E-state index contributed by atoms with van der Waals surface area (Å²) in [6, 6.07) is 0. The van der Waals surface area contributed by atoms with Crippen LogP contribution in [0.25, 0.3) is 11.2 Å². The molecule has 2 heterocycles. The van der Waals surface area contributed by atoms with E-state index in [1.807, 2.05) is 23.4 Å². The van der Waals surface area contributed by atoms with Crippen molar-refractivity contribution in [2.24, 2.45) is 0 Å². The summed E-state index contributed by atoms with van der Waals surface area (Å²) in [5.74, 6) is 0.600. The predicted octanol–water partition coefficient (Wildman–Crippen LogP) is 3.07. The monoisotopic (exact) mass is 295 g/mol. The van der Waals surface area contributed by atoms with E-state index in [1.54, 1.807) is 0 Å². The molecule has 0 aliphatic heterocycles. The molecule has 0 aromatic carbocycles. The Morgan fingerprint density at radius 3 is 2.40 bits per heavy atom. The van der Waals surface area contributed by atoms with Crippen molar-refractivity contribution < 1.29 is 0 Å². The van der Waals surface area contributed by atoms with Gasteiger partial charge in [-0.2, -0.15) is 16.9 Å². The fourth-order valence-corrected chi connectivity index (χ4v) is 3.57. The molecule has 0 spiro atoms. The third kappa shape index (κ3) is 2.30. The normalized spacial score (nSPS) is 12.4. The van der Waals surface area contributed by atoms with Gasteiger partial charge in [0.05, 0.1) is 5.69 Å². The molecule has 0 aliphatic carbocycles. The topological polar surface area (TPSA) is 61.7 Å². The van der Waals surface area contributed by atoms with Gasteiger partial charge in [0.25, 0.3) is 0 Å². The molecule has 0 bridgehead atoms. The molecule has 6 heteroatoms. The Morgan fingerprint density at radius 2 is 1.90 bits per heavy atom. The minimum Gasteiger partial charge on any atom is -0.369 e. The lowest BCUT2D eigenvalue weighted by Gasteiger charge is -2.30. The van der Waals surface area contributed by atoms with Crippen LogP contribution in [0.4, 0.5) is 5.95 Å². The maximum absolute atomic E-state index is 6.16. The summed E-state index contributed by atoms with van der Waals surface area (Å²) in [7, 11) is 0. The Labute approximate surface area is 124 Å². The highest BCUT2D eigenvalue weighted by molar-refractivity contribution is 8.00. The maximum Gasteiger partial charge on any atom is 0.202 e. The van der Waals surface area contributed by atoms with Crippen LogP contribution in [-0.2, 0) is 13.1 Å². The van der Waals surface area contributed by atoms with Crippen molar-refractivity contribution in [1.29, 1.82) is 0 Å². The van der Waals surface area contributed by atoms with Gasteiger partial charge in [-0.15, -0.1) is 0 Å². The van der Waals surface area contributed by atoms with E-state index in [9.17, 15) is 0 Å². The van der Waals surface area contributed by atoms with Crippen LogP contribution >= 0.6 is 11.8 Å². The molecule has 0 amide bonds. The molecule has 0 saturated carbocycles. The van der Waals surface area contributed by atoms with Gasteiger partial charge in [0.2, 0.25) is 5.95 Å². The Hall–Kier alpha value is -1.17. The zero-order valence-corrected chi connectivity index (χ0v) is 13.9. The molecule has 112 valence electrons. The number of hydrogen-bond acceptors (Lipinski definition) is 4. The first-order chi connectivity index (χ1) is 9.51. The van der Waals surface area contributed by atoms with Gasteiger partial charge < -0.3 is 5.73 Å². The zero-order chi connectivity index (χ0) is 14.9. The van der Waals surface area contributed by atoms with Gasteiger partial charge in [0.15, 0.2) is 5.65 Å². The summed E-state index contributed by atoms with van der Waals surface area (Å²) in [6.07, 6.45) is 4.41. The molecule has 0 unspecified atom stereocenters. The standard InChI is InChI=1S/C14H25N5S/c1-6-14(7-2,20-5)9-18-12-11(16-13(18)15)10(4)17-19(12)8-3/h6-9H2,1-5H3,(H2,15,16). The van der Waals surface area contributed by atoms with Crippen molar-refractivity contribution >= 4 is 28.9 Å². The number of nitrogen functional groups attached to an aromatic ring is 1. The van der Waals surface area contributed by atoms with Crippen LogP contribution in [0, 0.1) is 6.92 Å². The van der Waals surface area contributed by atoms with Gasteiger partial charge in [-0.1, -0.05) is 13.8 Å². The molecule has 2 N–H and O–H groups in total. The largest absolute Gasteiger partial charge is 0.369 e. The lowest BCUT2D eigenvalue weighted by Crippen LogP contribution is -2.30. The minimum absolute atomic E-state index is 0.207.